The van der Waals surface area contributed by atoms with Gasteiger partial charge in [-0.05, 0) is 6.07 Å². The maximum Gasteiger partial charge on any atom is 0.490 e. The minimum absolute atomic E-state index is 0.273. The first-order valence-corrected chi connectivity index (χ1v) is 8.40. The number of halogens is 1. The summed E-state index contributed by atoms with van der Waals surface area (Å²) < 4.78 is 18.2. The van der Waals surface area contributed by atoms with Crippen molar-refractivity contribution in [3.05, 3.63) is 60.8 Å². The average molecular weight is 382 g/mol. The van der Waals surface area contributed by atoms with Crippen LogP contribution in [0.5, 0.6) is 0 Å². The van der Waals surface area contributed by atoms with Gasteiger partial charge in [-0.2, -0.15) is 10.2 Å². The van der Waals surface area contributed by atoms with Crippen molar-refractivity contribution in [1.29, 1.82) is 0 Å². The number of hydrogen-bond acceptors (Lipinski definition) is 7. The highest BCUT2D eigenvalue weighted by Crippen LogP contribution is 2.22. The van der Waals surface area contributed by atoms with Crippen molar-refractivity contribution in [2.24, 2.45) is 7.05 Å². The van der Waals surface area contributed by atoms with Crippen molar-refractivity contribution in [2.45, 2.75) is 12.6 Å². The molecule has 0 aliphatic rings. The lowest BCUT2D eigenvalue weighted by Gasteiger charge is -2.17. The maximum atomic E-state index is 13.4. The van der Waals surface area contributed by atoms with Gasteiger partial charge in [0.05, 0.1) is 42.7 Å². The molecule has 0 saturated heterocycles. The van der Waals surface area contributed by atoms with Crippen LogP contribution in [0.2, 0.25) is 0 Å². The van der Waals surface area contributed by atoms with E-state index in [4.69, 9.17) is 0 Å². The van der Waals surface area contributed by atoms with Crippen LogP contribution in [0.4, 0.5) is 4.39 Å². The second kappa shape index (κ2) is 7.33. The van der Waals surface area contributed by atoms with Crippen LogP contribution in [0.3, 0.4) is 0 Å². The van der Waals surface area contributed by atoms with Crippen LogP contribution < -0.4 is 5.46 Å². The van der Waals surface area contributed by atoms with E-state index < -0.39 is 19.0 Å². The van der Waals surface area contributed by atoms with Gasteiger partial charge in [0.15, 0.2) is 5.82 Å². The van der Waals surface area contributed by atoms with Crippen molar-refractivity contribution in [3.63, 3.8) is 0 Å². The third-order valence-corrected chi connectivity index (χ3v) is 4.34. The number of rotatable bonds is 6. The summed E-state index contributed by atoms with van der Waals surface area (Å²) in [5.74, 6) is -0.437. The Bertz CT molecular complexity index is 1070. The van der Waals surface area contributed by atoms with Crippen LogP contribution in [-0.4, -0.2) is 56.7 Å². The predicted molar refractivity (Wildman–Crippen MR) is 96.6 cm³/mol. The van der Waals surface area contributed by atoms with E-state index in [2.05, 4.69) is 25.5 Å². The molecule has 2 N–H and O–H groups in total. The second-order valence-electron chi connectivity index (χ2n) is 6.24. The van der Waals surface area contributed by atoms with Crippen LogP contribution >= 0.6 is 0 Å². The Morgan fingerprint density at radius 3 is 2.57 bits per heavy atom. The third-order valence-electron chi connectivity index (χ3n) is 4.34. The number of nitrogens with zero attached hydrogens (tertiary/aromatic N) is 8. The smallest absolute Gasteiger partial charge is 0.423 e. The maximum absolute atomic E-state index is 13.4. The molecule has 0 bridgehead atoms. The molecule has 0 spiro atoms. The molecule has 0 amide bonds. The molecule has 142 valence electrons. The fraction of sp³-hybridized carbons (Fsp3) is 0.188. The van der Waals surface area contributed by atoms with Crippen LogP contribution in [-0.2, 0) is 13.6 Å². The van der Waals surface area contributed by atoms with Crippen molar-refractivity contribution < 1.29 is 14.4 Å². The summed E-state index contributed by atoms with van der Waals surface area (Å²) >= 11 is 0. The Hall–Kier alpha value is -3.38. The lowest BCUT2D eigenvalue weighted by atomic mass is 9.81. The number of pyridine rings is 1. The molecular formula is C16H16BFN8O2. The zero-order chi connectivity index (χ0) is 19.7. The highest BCUT2D eigenvalue weighted by Gasteiger charge is 2.20. The molecule has 0 radical (unpaired) electrons. The SMILES string of the molecule is Cn1nncc1-c1cnn(C(Cn2cc(F)cn2)c2ccc(B(O)O)cn2)c1. The van der Waals surface area contributed by atoms with E-state index in [1.807, 2.05) is 6.20 Å². The molecule has 0 aliphatic carbocycles. The summed E-state index contributed by atoms with van der Waals surface area (Å²) in [5, 5.41) is 34.7. The molecule has 4 heterocycles. The van der Waals surface area contributed by atoms with Crippen molar-refractivity contribution in [3.8, 4) is 11.3 Å². The summed E-state index contributed by atoms with van der Waals surface area (Å²) in [6.07, 6.45) is 8.93. The highest BCUT2D eigenvalue weighted by atomic mass is 19.1. The van der Waals surface area contributed by atoms with Gasteiger partial charge < -0.3 is 10.0 Å². The molecule has 4 aromatic heterocycles. The molecule has 28 heavy (non-hydrogen) atoms. The van der Waals surface area contributed by atoms with Gasteiger partial charge in [0, 0.05) is 30.5 Å². The molecule has 0 aliphatic heterocycles. The largest absolute Gasteiger partial charge is 0.490 e. The molecule has 0 fully saturated rings. The first kappa shape index (κ1) is 18.0. The van der Waals surface area contributed by atoms with E-state index in [0.717, 1.165) is 17.5 Å². The van der Waals surface area contributed by atoms with E-state index in [1.54, 1.807) is 40.9 Å². The van der Waals surface area contributed by atoms with Gasteiger partial charge >= 0.3 is 7.12 Å². The minimum Gasteiger partial charge on any atom is -0.423 e. The average Bonchev–Trinajstić information content (AvgIpc) is 3.41. The van der Waals surface area contributed by atoms with Gasteiger partial charge in [0.1, 0.15) is 6.04 Å². The minimum atomic E-state index is -1.60. The Morgan fingerprint density at radius 2 is 1.96 bits per heavy atom. The molecule has 12 heteroatoms. The predicted octanol–water partition coefficient (Wildman–Crippen LogP) is -0.621. The molecule has 1 unspecified atom stereocenters. The number of aryl methyl sites for hydroxylation is 1. The summed E-state index contributed by atoms with van der Waals surface area (Å²) in [6.45, 7) is 0.280. The lowest BCUT2D eigenvalue weighted by Crippen LogP contribution is -2.30. The van der Waals surface area contributed by atoms with Crippen molar-refractivity contribution in [1.82, 2.24) is 39.5 Å². The third kappa shape index (κ3) is 3.55. The lowest BCUT2D eigenvalue weighted by molar-refractivity contribution is 0.419. The number of hydrogen-bond donors (Lipinski definition) is 2. The molecular weight excluding hydrogens is 366 g/mol. The van der Waals surface area contributed by atoms with Crippen LogP contribution in [0.15, 0.2) is 49.3 Å². The first-order valence-electron chi connectivity index (χ1n) is 8.40. The Kier molecular flexibility index (Phi) is 4.71. The Labute approximate surface area is 159 Å². The van der Waals surface area contributed by atoms with E-state index in [1.165, 1.54) is 17.1 Å². The molecule has 10 nitrogen and oxygen atoms in total. The molecule has 0 saturated carbocycles. The Balaban J connectivity index is 1.70. The molecule has 1 atom stereocenters. The summed E-state index contributed by atoms with van der Waals surface area (Å²) in [6, 6.07) is 2.84. The van der Waals surface area contributed by atoms with E-state index in [0.29, 0.717) is 5.69 Å². The quantitative estimate of drug-likeness (QED) is 0.427. The highest BCUT2D eigenvalue weighted by molar-refractivity contribution is 6.58. The van der Waals surface area contributed by atoms with Crippen LogP contribution in [0.1, 0.15) is 11.7 Å². The summed E-state index contributed by atoms with van der Waals surface area (Å²) in [4.78, 5) is 4.32. The van der Waals surface area contributed by atoms with E-state index >= 15 is 0 Å². The van der Waals surface area contributed by atoms with Gasteiger partial charge in [0.2, 0.25) is 0 Å². The van der Waals surface area contributed by atoms with E-state index in [-0.39, 0.29) is 12.0 Å². The fourth-order valence-corrected chi connectivity index (χ4v) is 2.89. The summed E-state index contributed by atoms with van der Waals surface area (Å²) in [7, 11) is 0.179. The zero-order valence-corrected chi connectivity index (χ0v) is 14.8. The van der Waals surface area contributed by atoms with Crippen molar-refractivity contribution >= 4 is 12.6 Å². The standard InChI is InChI=1S/C16H16BFN8O2/c1-24-15(7-20-23-24)11-4-22-26(8-11)16(10-25-9-13(18)6-21-25)14-3-2-12(5-19-14)17(27)28/h2-9,16,27-28H,10H2,1H3. The van der Waals surface area contributed by atoms with Crippen LogP contribution in [0, 0.1) is 5.82 Å². The number of aromatic nitrogens is 8. The van der Waals surface area contributed by atoms with Gasteiger partial charge in [-0.1, -0.05) is 11.3 Å². The van der Waals surface area contributed by atoms with Gasteiger partial charge in [0.25, 0.3) is 0 Å². The van der Waals surface area contributed by atoms with E-state index in [9.17, 15) is 14.4 Å². The van der Waals surface area contributed by atoms with Gasteiger partial charge in [-0.3, -0.25) is 14.3 Å². The van der Waals surface area contributed by atoms with Crippen molar-refractivity contribution in [2.75, 3.05) is 0 Å². The molecule has 4 rings (SSSR count). The van der Waals surface area contributed by atoms with Gasteiger partial charge in [-0.15, -0.1) is 5.10 Å². The first-order chi connectivity index (χ1) is 13.5. The fourth-order valence-electron chi connectivity index (χ4n) is 2.89. The monoisotopic (exact) mass is 382 g/mol. The Morgan fingerprint density at radius 1 is 1.11 bits per heavy atom. The van der Waals surface area contributed by atoms with Gasteiger partial charge in [-0.25, -0.2) is 9.07 Å². The molecule has 0 aromatic carbocycles. The molecule has 4 aromatic rings. The second-order valence-corrected chi connectivity index (χ2v) is 6.24. The topological polar surface area (TPSA) is 120 Å². The van der Waals surface area contributed by atoms with Crippen LogP contribution in [0.25, 0.3) is 11.3 Å². The summed E-state index contributed by atoms with van der Waals surface area (Å²) in [5.41, 5.74) is 2.49. The normalized spacial score (nSPS) is 12.3. The zero-order valence-electron chi connectivity index (χ0n) is 14.8.